The van der Waals surface area contributed by atoms with E-state index in [0.29, 0.717) is 21.8 Å². The standard InChI is InChI=1S/C16H17ClN2O3S/c1-11-7-8-14(23(21,22)19(2)3)10-15(11)16(20)18-13-6-4-5-12(17)9-13/h4-10H,1-3H3,(H,18,20). The van der Waals surface area contributed by atoms with Gasteiger partial charge in [0.25, 0.3) is 5.91 Å². The predicted octanol–water partition coefficient (Wildman–Crippen LogP) is 3.15. The first kappa shape index (κ1) is 17.5. The number of nitrogens with one attached hydrogen (secondary N) is 1. The van der Waals surface area contributed by atoms with Crippen molar-refractivity contribution < 1.29 is 13.2 Å². The number of hydrogen-bond acceptors (Lipinski definition) is 3. The second-order valence-electron chi connectivity index (χ2n) is 5.23. The van der Waals surface area contributed by atoms with Crippen molar-refractivity contribution in [3.05, 3.63) is 58.6 Å². The Labute approximate surface area is 140 Å². The highest BCUT2D eigenvalue weighted by Crippen LogP contribution is 2.20. The van der Waals surface area contributed by atoms with Crippen LogP contribution in [0, 0.1) is 6.92 Å². The molecule has 7 heteroatoms. The summed E-state index contributed by atoms with van der Waals surface area (Å²) in [5.41, 5.74) is 1.53. The van der Waals surface area contributed by atoms with Gasteiger partial charge in [0, 0.05) is 30.4 Å². The molecule has 0 saturated heterocycles. The summed E-state index contributed by atoms with van der Waals surface area (Å²) in [6, 6.07) is 11.2. The highest BCUT2D eigenvalue weighted by atomic mass is 35.5. The number of anilines is 1. The van der Waals surface area contributed by atoms with Crippen LogP contribution in [-0.4, -0.2) is 32.7 Å². The molecule has 2 rings (SSSR count). The summed E-state index contributed by atoms with van der Waals surface area (Å²) in [6.07, 6.45) is 0. The Kier molecular flexibility index (Phi) is 5.09. The van der Waals surface area contributed by atoms with Crippen molar-refractivity contribution in [1.82, 2.24) is 4.31 Å². The SMILES string of the molecule is Cc1ccc(S(=O)(=O)N(C)C)cc1C(=O)Nc1cccc(Cl)c1. The van der Waals surface area contributed by atoms with E-state index < -0.39 is 10.0 Å². The number of carbonyl (C=O) groups is 1. The van der Waals surface area contributed by atoms with Crippen LogP contribution in [0.3, 0.4) is 0 Å². The molecule has 122 valence electrons. The Hall–Kier alpha value is -1.89. The first-order chi connectivity index (χ1) is 10.7. The zero-order chi connectivity index (χ0) is 17.2. The fourth-order valence-electron chi connectivity index (χ4n) is 1.98. The second-order valence-corrected chi connectivity index (χ2v) is 7.82. The van der Waals surface area contributed by atoms with E-state index in [1.54, 1.807) is 37.3 Å². The lowest BCUT2D eigenvalue weighted by atomic mass is 10.1. The highest BCUT2D eigenvalue weighted by Gasteiger charge is 2.20. The first-order valence-electron chi connectivity index (χ1n) is 6.82. The van der Waals surface area contributed by atoms with E-state index >= 15 is 0 Å². The third-order valence-corrected chi connectivity index (χ3v) is 5.36. The van der Waals surface area contributed by atoms with E-state index in [1.165, 1.54) is 26.2 Å². The number of benzene rings is 2. The van der Waals surface area contributed by atoms with Crippen LogP contribution in [0.5, 0.6) is 0 Å². The molecule has 2 aromatic rings. The molecule has 0 aromatic heterocycles. The second kappa shape index (κ2) is 6.70. The van der Waals surface area contributed by atoms with E-state index in [0.717, 1.165) is 4.31 Å². The van der Waals surface area contributed by atoms with Gasteiger partial charge >= 0.3 is 0 Å². The number of halogens is 1. The van der Waals surface area contributed by atoms with Gasteiger partial charge in [-0.2, -0.15) is 0 Å². The molecule has 2 aromatic carbocycles. The molecule has 0 saturated carbocycles. The lowest BCUT2D eigenvalue weighted by molar-refractivity contribution is 0.102. The van der Waals surface area contributed by atoms with Crippen LogP contribution in [0.15, 0.2) is 47.4 Å². The van der Waals surface area contributed by atoms with E-state index in [9.17, 15) is 13.2 Å². The van der Waals surface area contributed by atoms with Crippen LogP contribution in [0.25, 0.3) is 0 Å². The van der Waals surface area contributed by atoms with E-state index in [-0.39, 0.29) is 10.8 Å². The van der Waals surface area contributed by atoms with Crippen molar-refractivity contribution in [1.29, 1.82) is 0 Å². The lowest BCUT2D eigenvalue weighted by Crippen LogP contribution is -2.23. The van der Waals surface area contributed by atoms with Crippen LogP contribution < -0.4 is 5.32 Å². The van der Waals surface area contributed by atoms with E-state index in [4.69, 9.17) is 11.6 Å². The minimum atomic E-state index is -3.60. The Morgan fingerprint density at radius 1 is 1.13 bits per heavy atom. The van der Waals surface area contributed by atoms with Crippen LogP contribution in [0.4, 0.5) is 5.69 Å². The maximum absolute atomic E-state index is 12.4. The van der Waals surface area contributed by atoms with Crippen LogP contribution in [0.2, 0.25) is 5.02 Å². The summed E-state index contributed by atoms with van der Waals surface area (Å²) in [5.74, 6) is -0.388. The summed E-state index contributed by atoms with van der Waals surface area (Å²) in [5, 5.41) is 3.22. The van der Waals surface area contributed by atoms with Gasteiger partial charge in [0.15, 0.2) is 0 Å². The Bertz CT molecular complexity index is 848. The first-order valence-corrected chi connectivity index (χ1v) is 8.63. The minimum absolute atomic E-state index is 0.0735. The fourth-order valence-corrected chi connectivity index (χ4v) is 3.10. The molecule has 1 amide bonds. The topological polar surface area (TPSA) is 66.5 Å². The van der Waals surface area contributed by atoms with Gasteiger partial charge < -0.3 is 5.32 Å². The molecule has 5 nitrogen and oxygen atoms in total. The Balaban J connectivity index is 2.37. The Morgan fingerprint density at radius 3 is 2.43 bits per heavy atom. The number of carbonyl (C=O) groups excluding carboxylic acids is 1. The third-order valence-electron chi connectivity index (χ3n) is 3.31. The number of rotatable bonds is 4. The van der Waals surface area contributed by atoms with Gasteiger partial charge in [-0.15, -0.1) is 0 Å². The largest absolute Gasteiger partial charge is 0.322 e. The Morgan fingerprint density at radius 2 is 1.83 bits per heavy atom. The number of hydrogen-bond donors (Lipinski definition) is 1. The molecule has 0 unspecified atom stereocenters. The van der Waals surface area contributed by atoms with Crippen molar-refractivity contribution in [2.45, 2.75) is 11.8 Å². The summed E-state index contributed by atoms with van der Waals surface area (Å²) in [6.45, 7) is 1.75. The highest BCUT2D eigenvalue weighted by molar-refractivity contribution is 7.89. The molecule has 0 spiro atoms. The molecular formula is C16H17ClN2O3S. The van der Waals surface area contributed by atoms with Gasteiger partial charge in [0.1, 0.15) is 0 Å². The summed E-state index contributed by atoms with van der Waals surface area (Å²) >= 11 is 5.89. The average molecular weight is 353 g/mol. The molecular weight excluding hydrogens is 336 g/mol. The minimum Gasteiger partial charge on any atom is -0.322 e. The normalized spacial score (nSPS) is 11.5. The van der Waals surface area contributed by atoms with Crippen LogP contribution in [0.1, 0.15) is 15.9 Å². The molecule has 0 heterocycles. The molecule has 0 aliphatic heterocycles. The molecule has 0 aliphatic rings. The van der Waals surface area contributed by atoms with Gasteiger partial charge in [-0.05, 0) is 42.8 Å². The number of nitrogens with zero attached hydrogens (tertiary/aromatic N) is 1. The maximum Gasteiger partial charge on any atom is 0.255 e. The molecule has 0 radical (unpaired) electrons. The maximum atomic E-state index is 12.4. The summed E-state index contributed by atoms with van der Waals surface area (Å²) in [4.78, 5) is 12.5. The van der Waals surface area contributed by atoms with Gasteiger partial charge in [-0.25, -0.2) is 12.7 Å². The van der Waals surface area contributed by atoms with Crippen molar-refractivity contribution in [3.63, 3.8) is 0 Å². The van der Waals surface area contributed by atoms with Gasteiger partial charge in [-0.3, -0.25) is 4.79 Å². The van der Waals surface area contributed by atoms with Crippen molar-refractivity contribution in [3.8, 4) is 0 Å². The van der Waals surface area contributed by atoms with Gasteiger partial charge in [-0.1, -0.05) is 23.7 Å². The quantitative estimate of drug-likeness (QED) is 0.919. The molecule has 0 bridgehead atoms. The average Bonchev–Trinajstić information content (AvgIpc) is 2.47. The van der Waals surface area contributed by atoms with Crippen molar-refractivity contribution >= 4 is 33.2 Å². The van der Waals surface area contributed by atoms with Crippen molar-refractivity contribution in [2.75, 3.05) is 19.4 Å². The monoisotopic (exact) mass is 352 g/mol. The van der Waals surface area contributed by atoms with E-state index in [1.807, 2.05) is 0 Å². The van der Waals surface area contributed by atoms with Gasteiger partial charge in [0.05, 0.1) is 4.90 Å². The molecule has 0 aliphatic carbocycles. The van der Waals surface area contributed by atoms with Crippen molar-refractivity contribution in [2.24, 2.45) is 0 Å². The van der Waals surface area contributed by atoms with Crippen LogP contribution >= 0.6 is 11.6 Å². The zero-order valence-corrected chi connectivity index (χ0v) is 14.6. The predicted molar refractivity (Wildman–Crippen MR) is 91.5 cm³/mol. The molecule has 0 fully saturated rings. The third kappa shape index (κ3) is 3.90. The lowest BCUT2D eigenvalue weighted by Gasteiger charge is -2.14. The molecule has 23 heavy (non-hydrogen) atoms. The zero-order valence-electron chi connectivity index (χ0n) is 13.0. The van der Waals surface area contributed by atoms with Crippen LogP contribution in [-0.2, 0) is 10.0 Å². The molecule has 1 N–H and O–H groups in total. The van der Waals surface area contributed by atoms with E-state index in [2.05, 4.69) is 5.32 Å². The molecule has 0 atom stereocenters. The number of sulfonamides is 1. The fraction of sp³-hybridized carbons (Fsp3) is 0.188. The summed E-state index contributed by atoms with van der Waals surface area (Å²) < 4.78 is 25.5. The smallest absolute Gasteiger partial charge is 0.255 e. The van der Waals surface area contributed by atoms with Gasteiger partial charge in [0.2, 0.25) is 10.0 Å². The number of amides is 1. The summed E-state index contributed by atoms with van der Waals surface area (Å²) in [7, 11) is -0.706. The number of aryl methyl sites for hydroxylation is 1.